The highest BCUT2D eigenvalue weighted by atomic mass is 16.5. The molecule has 3 aromatic heterocycles. The number of nitrogens with zero attached hydrogens (tertiary/aromatic N) is 3. The fourth-order valence-electron chi connectivity index (χ4n) is 5.86. The molecule has 5 aromatic rings. The van der Waals surface area contributed by atoms with Gasteiger partial charge < -0.3 is 20.4 Å². The highest BCUT2D eigenvalue weighted by Gasteiger charge is 2.20. The number of nitrogens with one attached hydrogen (secondary N) is 1. The summed E-state index contributed by atoms with van der Waals surface area (Å²) in [6.45, 7) is 8.12. The third-order valence-electron chi connectivity index (χ3n) is 8.28. The number of hydrogen-bond donors (Lipinski definition) is 2. The van der Waals surface area contributed by atoms with Crippen molar-refractivity contribution >= 4 is 17.4 Å². The van der Waals surface area contributed by atoms with Gasteiger partial charge in [-0.15, -0.1) is 0 Å². The molecule has 6 rings (SSSR count). The molecule has 0 saturated carbocycles. The summed E-state index contributed by atoms with van der Waals surface area (Å²) in [5.41, 5.74) is 14.5. The molecule has 0 aliphatic carbocycles. The van der Waals surface area contributed by atoms with Gasteiger partial charge in [0.15, 0.2) is 0 Å². The summed E-state index contributed by atoms with van der Waals surface area (Å²) in [4.78, 5) is 36.2. The van der Waals surface area contributed by atoms with E-state index < -0.39 is 5.91 Å². The first-order valence-corrected chi connectivity index (χ1v) is 15.3. The third-order valence-corrected chi connectivity index (χ3v) is 8.28. The lowest BCUT2D eigenvalue weighted by Gasteiger charge is -2.23. The molecule has 1 aliphatic heterocycles. The van der Waals surface area contributed by atoms with E-state index in [-0.39, 0.29) is 11.0 Å². The predicted molar refractivity (Wildman–Crippen MR) is 179 cm³/mol. The molecule has 8 heteroatoms. The number of ether oxygens (including phenoxy) is 1. The number of rotatable bonds is 7. The molecule has 45 heavy (non-hydrogen) atoms. The highest BCUT2D eigenvalue weighted by Crippen LogP contribution is 2.31. The summed E-state index contributed by atoms with van der Waals surface area (Å²) in [5.74, 6) is 0.382. The standard InChI is InChI=1S/C37H37N5O3/c1-23-4-6-28(7-5-23)33-21-42(20-26-12-14-45-15-13-26)22-34(35(33)43)37(44)41-31-10-8-27(9-11-31)32-18-30(19-39-36(32)38)29-16-24(2)40-25(3)17-29/h4-11,16-19,21-22,26H,12-15,20H2,1-3H3,(H2,38,39)(H,41,44). The minimum absolute atomic E-state index is 0.105. The minimum Gasteiger partial charge on any atom is -0.383 e. The maximum absolute atomic E-state index is 13.7. The van der Waals surface area contributed by atoms with Crippen LogP contribution in [0.1, 0.15) is 40.2 Å². The van der Waals surface area contributed by atoms with Crippen LogP contribution >= 0.6 is 0 Å². The molecule has 0 unspecified atom stereocenters. The summed E-state index contributed by atoms with van der Waals surface area (Å²) in [6.07, 6.45) is 7.21. The number of carbonyl (C=O) groups excluding carboxylic acids is 1. The second-order valence-electron chi connectivity index (χ2n) is 11.9. The first-order valence-electron chi connectivity index (χ1n) is 15.3. The second kappa shape index (κ2) is 12.9. The lowest BCUT2D eigenvalue weighted by Crippen LogP contribution is -2.26. The van der Waals surface area contributed by atoms with Crippen LogP contribution in [0.5, 0.6) is 0 Å². The third kappa shape index (κ3) is 6.86. The van der Waals surface area contributed by atoms with Gasteiger partial charge in [-0.05, 0) is 86.6 Å². The molecule has 4 heterocycles. The van der Waals surface area contributed by atoms with Gasteiger partial charge in [-0.3, -0.25) is 14.6 Å². The van der Waals surface area contributed by atoms with Gasteiger partial charge in [-0.2, -0.15) is 0 Å². The lowest BCUT2D eigenvalue weighted by atomic mass is 9.99. The number of benzene rings is 2. The Kier molecular flexibility index (Phi) is 8.58. The Morgan fingerprint density at radius 1 is 0.867 bits per heavy atom. The predicted octanol–water partition coefficient (Wildman–Crippen LogP) is 6.83. The maximum atomic E-state index is 13.7. The Labute approximate surface area is 262 Å². The molecule has 1 amide bonds. The molecule has 228 valence electrons. The topological polar surface area (TPSA) is 112 Å². The Morgan fingerprint density at radius 2 is 1.51 bits per heavy atom. The molecular formula is C37H37N5O3. The average molecular weight is 600 g/mol. The van der Waals surface area contributed by atoms with E-state index >= 15 is 0 Å². The summed E-state index contributed by atoms with van der Waals surface area (Å²) >= 11 is 0. The summed E-state index contributed by atoms with van der Waals surface area (Å²) in [5, 5.41) is 2.93. The number of pyridine rings is 3. The van der Waals surface area contributed by atoms with E-state index in [1.165, 1.54) is 0 Å². The maximum Gasteiger partial charge on any atom is 0.261 e. The highest BCUT2D eigenvalue weighted by molar-refractivity contribution is 6.04. The number of nitrogens with two attached hydrogens (primary N) is 1. The van der Waals surface area contributed by atoms with Gasteiger partial charge in [-0.25, -0.2) is 4.98 Å². The van der Waals surface area contributed by atoms with Crippen molar-refractivity contribution in [1.29, 1.82) is 0 Å². The molecule has 0 spiro atoms. The Morgan fingerprint density at radius 3 is 2.20 bits per heavy atom. The van der Waals surface area contributed by atoms with E-state index in [4.69, 9.17) is 10.5 Å². The van der Waals surface area contributed by atoms with Crippen molar-refractivity contribution in [1.82, 2.24) is 14.5 Å². The summed E-state index contributed by atoms with van der Waals surface area (Å²) in [7, 11) is 0. The largest absolute Gasteiger partial charge is 0.383 e. The van der Waals surface area contributed by atoms with E-state index in [1.807, 2.05) is 98.3 Å². The first-order chi connectivity index (χ1) is 21.7. The van der Waals surface area contributed by atoms with Crippen molar-refractivity contribution in [3.05, 3.63) is 118 Å². The molecule has 0 atom stereocenters. The summed E-state index contributed by atoms with van der Waals surface area (Å²) < 4.78 is 7.52. The number of aromatic nitrogens is 3. The Hall–Kier alpha value is -5.08. The van der Waals surface area contributed by atoms with Crippen LogP contribution in [0, 0.1) is 26.7 Å². The van der Waals surface area contributed by atoms with E-state index in [9.17, 15) is 9.59 Å². The number of amides is 1. The Bertz CT molecular complexity index is 1890. The van der Waals surface area contributed by atoms with Crippen molar-refractivity contribution in [2.24, 2.45) is 5.92 Å². The number of aryl methyl sites for hydroxylation is 3. The molecule has 0 bridgehead atoms. The van der Waals surface area contributed by atoms with Crippen LogP contribution in [-0.2, 0) is 11.3 Å². The van der Waals surface area contributed by atoms with Gasteiger partial charge in [0, 0.05) is 72.1 Å². The number of carbonyl (C=O) groups is 1. The molecule has 1 fully saturated rings. The smallest absolute Gasteiger partial charge is 0.261 e. The second-order valence-corrected chi connectivity index (χ2v) is 11.9. The van der Waals surface area contributed by atoms with Crippen molar-refractivity contribution in [3.8, 4) is 33.4 Å². The zero-order valence-electron chi connectivity index (χ0n) is 25.8. The van der Waals surface area contributed by atoms with Crippen molar-refractivity contribution in [2.45, 2.75) is 40.2 Å². The van der Waals surface area contributed by atoms with Crippen LogP contribution in [0.25, 0.3) is 33.4 Å². The van der Waals surface area contributed by atoms with E-state index in [0.29, 0.717) is 29.5 Å². The zero-order chi connectivity index (χ0) is 31.5. The van der Waals surface area contributed by atoms with E-state index in [0.717, 1.165) is 70.8 Å². The van der Waals surface area contributed by atoms with Crippen LogP contribution in [0.2, 0.25) is 0 Å². The molecule has 3 N–H and O–H groups in total. The minimum atomic E-state index is -0.450. The fraction of sp³-hybridized carbons (Fsp3) is 0.243. The van der Waals surface area contributed by atoms with Gasteiger partial charge in [0.1, 0.15) is 11.4 Å². The molecule has 1 saturated heterocycles. The lowest BCUT2D eigenvalue weighted by molar-refractivity contribution is 0.0612. The van der Waals surface area contributed by atoms with E-state index in [1.54, 1.807) is 12.4 Å². The molecular weight excluding hydrogens is 562 g/mol. The van der Waals surface area contributed by atoms with Gasteiger partial charge in [0.05, 0.1) is 0 Å². The average Bonchev–Trinajstić information content (AvgIpc) is 3.03. The molecule has 1 aliphatic rings. The van der Waals surface area contributed by atoms with Crippen LogP contribution in [-0.4, -0.2) is 33.7 Å². The zero-order valence-corrected chi connectivity index (χ0v) is 25.8. The molecule has 8 nitrogen and oxygen atoms in total. The van der Waals surface area contributed by atoms with Gasteiger partial charge in [0.2, 0.25) is 5.43 Å². The van der Waals surface area contributed by atoms with Crippen molar-refractivity contribution in [2.75, 3.05) is 24.3 Å². The quantitative estimate of drug-likeness (QED) is 0.212. The number of nitrogen functional groups attached to an aromatic ring is 1. The van der Waals surface area contributed by atoms with Crippen molar-refractivity contribution < 1.29 is 9.53 Å². The van der Waals surface area contributed by atoms with Crippen molar-refractivity contribution in [3.63, 3.8) is 0 Å². The Balaban J connectivity index is 1.27. The van der Waals surface area contributed by atoms with Gasteiger partial charge >= 0.3 is 0 Å². The normalized spacial score (nSPS) is 13.5. The van der Waals surface area contributed by atoms with Crippen LogP contribution in [0.4, 0.5) is 11.5 Å². The number of hydrogen-bond acceptors (Lipinski definition) is 6. The molecule has 0 radical (unpaired) electrons. The van der Waals surface area contributed by atoms with Crippen LogP contribution in [0.15, 0.2) is 90.1 Å². The SMILES string of the molecule is Cc1ccc(-c2cn(CC3CCOCC3)cc(C(=O)Nc3ccc(-c4cc(-c5cc(C)nc(C)c5)cnc4N)cc3)c2=O)cc1. The van der Waals surface area contributed by atoms with Gasteiger partial charge in [0.25, 0.3) is 5.91 Å². The van der Waals surface area contributed by atoms with E-state index in [2.05, 4.69) is 15.3 Å². The monoisotopic (exact) mass is 599 g/mol. The van der Waals surface area contributed by atoms with Crippen LogP contribution in [0.3, 0.4) is 0 Å². The molecule has 2 aromatic carbocycles. The number of anilines is 2. The van der Waals surface area contributed by atoms with Crippen LogP contribution < -0.4 is 16.5 Å². The first kappa shape index (κ1) is 30.0. The van der Waals surface area contributed by atoms with Gasteiger partial charge in [-0.1, -0.05) is 42.0 Å². The summed E-state index contributed by atoms with van der Waals surface area (Å²) in [6, 6.07) is 21.3. The fourth-order valence-corrected chi connectivity index (χ4v) is 5.86.